The fourth-order valence-corrected chi connectivity index (χ4v) is 2.52. The molecule has 2 heterocycles. The summed E-state index contributed by atoms with van der Waals surface area (Å²) in [5.74, 6) is -0.428. The van der Waals surface area contributed by atoms with E-state index in [1.54, 1.807) is 0 Å². The third-order valence-corrected chi connectivity index (χ3v) is 3.75. The highest BCUT2D eigenvalue weighted by Gasteiger charge is 2.10. The van der Waals surface area contributed by atoms with Gasteiger partial charge < -0.3 is 9.40 Å². The van der Waals surface area contributed by atoms with Gasteiger partial charge in [0.2, 0.25) is 0 Å². The van der Waals surface area contributed by atoms with Crippen LogP contribution in [0.15, 0.2) is 51.1 Å². The smallest absolute Gasteiger partial charge is 0.400 e. The highest BCUT2D eigenvalue weighted by atomic mass is 32.2. The van der Waals surface area contributed by atoms with Gasteiger partial charge in [-0.15, -0.1) is 0 Å². The maximum absolute atomic E-state index is 11.7. The van der Waals surface area contributed by atoms with E-state index in [9.17, 15) is 14.9 Å². The molecule has 1 aromatic carbocycles. The highest BCUT2D eigenvalue weighted by Crippen LogP contribution is 2.18. The Morgan fingerprint density at radius 3 is 3.00 bits per heavy atom. The Morgan fingerprint density at radius 2 is 2.25 bits per heavy atom. The molecule has 3 aromatic rings. The van der Waals surface area contributed by atoms with Crippen molar-refractivity contribution in [2.45, 2.75) is 5.16 Å². The molecular formula is C14H11N5O4S. The quantitative estimate of drug-likeness (QED) is 0.305. The van der Waals surface area contributed by atoms with Crippen molar-refractivity contribution in [1.29, 1.82) is 0 Å². The number of hydrazone groups is 1. The summed E-state index contributed by atoms with van der Waals surface area (Å²) >= 11 is 1.24. The first kappa shape index (κ1) is 15.7. The average molecular weight is 345 g/mol. The summed E-state index contributed by atoms with van der Waals surface area (Å²) in [6.07, 6.45) is 1.19. The summed E-state index contributed by atoms with van der Waals surface area (Å²) in [6, 6.07) is 10.2. The van der Waals surface area contributed by atoms with Crippen molar-refractivity contribution in [2.24, 2.45) is 5.10 Å². The number of carbonyl (C=O) groups is 1. The fourth-order valence-electron chi connectivity index (χ4n) is 1.84. The zero-order valence-electron chi connectivity index (χ0n) is 12.1. The third kappa shape index (κ3) is 3.79. The van der Waals surface area contributed by atoms with Gasteiger partial charge in [-0.25, -0.2) is 10.4 Å². The Balaban J connectivity index is 1.50. The lowest BCUT2D eigenvalue weighted by Crippen LogP contribution is -2.19. The summed E-state index contributed by atoms with van der Waals surface area (Å²) in [5, 5.41) is 14.8. The van der Waals surface area contributed by atoms with Gasteiger partial charge in [0.05, 0.1) is 29.1 Å². The molecule has 2 N–H and O–H groups in total. The first-order valence-electron chi connectivity index (χ1n) is 6.75. The number of nitrogens with one attached hydrogen (secondary N) is 2. The largest absolute Gasteiger partial charge is 0.433 e. The van der Waals surface area contributed by atoms with Crippen molar-refractivity contribution in [3.05, 3.63) is 52.3 Å². The normalized spacial score (nSPS) is 11.2. The van der Waals surface area contributed by atoms with Crippen LogP contribution in [-0.2, 0) is 4.79 Å². The fraction of sp³-hybridized carbons (Fsp3) is 0.0714. The maximum atomic E-state index is 11.7. The molecule has 0 unspecified atom stereocenters. The number of thioether (sulfide) groups is 1. The molecule has 0 atom stereocenters. The van der Waals surface area contributed by atoms with Crippen LogP contribution in [0.5, 0.6) is 0 Å². The molecule has 9 nitrogen and oxygen atoms in total. The maximum Gasteiger partial charge on any atom is 0.433 e. The van der Waals surface area contributed by atoms with Crippen molar-refractivity contribution in [1.82, 2.24) is 15.4 Å². The van der Waals surface area contributed by atoms with E-state index >= 15 is 0 Å². The molecule has 0 saturated carbocycles. The van der Waals surface area contributed by atoms with Crippen LogP contribution in [0.2, 0.25) is 0 Å². The van der Waals surface area contributed by atoms with Gasteiger partial charge in [0.15, 0.2) is 10.9 Å². The zero-order valence-corrected chi connectivity index (χ0v) is 12.9. The van der Waals surface area contributed by atoms with Crippen molar-refractivity contribution in [3.63, 3.8) is 0 Å². The van der Waals surface area contributed by atoms with Crippen LogP contribution in [-0.4, -0.2) is 32.8 Å². The van der Waals surface area contributed by atoms with Gasteiger partial charge in [-0.3, -0.25) is 14.9 Å². The highest BCUT2D eigenvalue weighted by molar-refractivity contribution is 7.99. The van der Waals surface area contributed by atoms with E-state index in [0.29, 0.717) is 5.16 Å². The Bertz CT molecular complexity index is 884. The number of furan rings is 1. The average Bonchev–Trinajstić information content (AvgIpc) is 3.19. The summed E-state index contributed by atoms with van der Waals surface area (Å²) in [5.41, 5.74) is 4.04. The molecule has 122 valence electrons. The first-order chi connectivity index (χ1) is 11.6. The summed E-state index contributed by atoms with van der Waals surface area (Å²) in [4.78, 5) is 29.0. The van der Waals surface area contributed by atoms with Gasteiger partial charge >= 0.3 is 5.88 Å². The van der Waals surface area contributed by atoms with Gasteiger partial charge in [-0.2, -0.15) is 5.10 Å². The van der Waals surface area contributed by atoms with Crippen molar-refractivity contribution in [3.8, 4) is 0 Å². The molecule has 0 aliphatic heterocycles. The molecule has 3 rings (SSSR count). The number of nitro groups is 1. The van der Waals surface area contributed by atoms with Crippen LogP contribution in [0.3, 0.4) is 0 Å². The Labute approximate surface area is 139 Å². The van der Waals surface area contributed by atoms with E-state index < -0.39 is 4.92 Å². The van der Waals surface area contributed by atoms with Gasteiger partial charge in [0, 0.05) is 0 Å². The Kier molecular flexibility index (Phi) is 4.57. The van der Waals surface area contributed by atoms with Crippen molar-refractivity contribution < 1.29 is 14.1 Å². The topological polar surface area (TPSA) is 126 Å². The van der Waals surface area contributed by atoms with Crippen LogP contribution < -0.4 is 5.43 Å². The molecule has 0 fully saturated rings. The SMILES string of the molecule is O=C(CSc1nc2ccccc2[nH]1)N/N=C/c1ccc([N+](=O)[O-])o1. The van der Waals surface area contributed by atoms with Gasteiger partial charge in [-0.05, 0) is 18.2 Å². The molecule has 2 aromatic heterocycles. The van der Waals surface area contributed by atoms with Crippen LogP contribution in [0.4, 0.5) is 5.88 Å². The number of fused-ring (bicyclic) bond motifs is 1. The van der Waals surface area contributed by atoms with Gasteiger partial charge in [-0.1, -0.05) is 23.9 Å². The Morgan fingerprint density at radius 1 is 1.42 bits per heavy atom. The van der Waals surface area contributed by atoms with Crippen LogP contribution in [0.1, 0.15) is 5.76 Å². The number of amides is 1. The number of para-hydroxylation sites is 2. The minimum atomic E-state index is -0.653. The number of hydrogen-bond acceptors (Lipinski definition) is 7. The molecule has 0 bridgehead atoms. The van der Waals surface area contributed by atoms with E-state index in [0.717, 1.165) is 11.0 Å². The molecule has 0 aliphatic carbocycles. The minimum Gasteiger partial charge on any atom is -0.400 e. The van der Waals surface area contributed by atoms with Crippen LogP contribution in [0.25, 0.3) is 11.0 Å². The lowest BCUT2D eigenvalue weighted by atomic mass is 10.3. The summed E-state index contributed by atoms with van der Waals surface area (Å²) in [7, 11) is 0. The van der Waals surface area contributed by atoms with E-state index in [1.807, 2.05) is 24.3 Å². The lowest BCUT2D eigenvalue weighted by Gasteiger charge is -1.96. The second kappa shape index (κ2) is 6.96. The first-order valence-corrected chi connectivity index (χ1v) is 7.74. The molecule has 0 aliphatic rings. The number of aromatic nitrogens is 2. The number of imidazole rings is 1. The monoisotopic (exact) mass is 345 g/mol. The van der Waals surface area contributed by atoms with Crippen LogP contribution >= 0.6 is 11.8 Å². The van der Waals surface area contributed by atoms with Gasteiger partial charge in [0.25, 0.3) is 5.91 Å². The predicted molar refractivity (Wildman–Crippen MR) is 87.9 cm³/mol. The Hall–Kier alpha value is -3.14. The standard InChI is InChI=1S/C14H11N5O4S/c20-12(18-15-7-9-5-6-13(23-9)19(21)22)8-24-14-16-10-3-1-2-4-11(10)17-14/h1-7H,8H2,(H,16,17)(H,18,20)/b15-7+. The second-order valence-corrected chi connectivity index (χ2v) is 5.54. The minimum absolute atomic E-state index is 0.121. The molecule has 10 heteroatoms. The second-order valence-electron chi connectivity index (χ2n) is 4.57. The lowest BCUT2D eigenvalue weighted by molar-refractivity contribution is -0.402. The molecule has 0 saturated heterocycles. The number of hydrogen-bond donors (Lipinski definition) is 2. The van der Waals surface area contributed by atoms with Crippen molar-refractivity contribution >= 4 is 40.8 Å². The molecular weight excluding hydrogens is 334 g/mol. The van der Waals surface area contributed by atoms with Gasteiger partial charge in [0.1, 0.15) is 4.92 Å². The van der Waals surface area contributed by atoms with Crippen molar-refractivity contribution in [2.75, 3.05) is 5.75 Å². The third-order valence-electron chi connectivity index (χ3n) is 2.88. The number of H-pyrrole nitrogens is 1. The van der Waals surface area contributed by atoms with E-state index in [1.165, 1.54) is 30.1 Å². The van der Waals surface area contributed by atoms with E-state index in [-0.39, 0.29) is 23.3 Å². The van der Waals surface area contributed by atoms with Crippen LogP contribution in [0, 0.1) is 10.1 Å². The molecule has 24 heavy (non-hydrogen) atoms. The number of carbonyl (C=O) groups excluding carboxylic acids is 1. The summed E-state index contributed by atoms with van der Waals surface area (Å²) in [6.45, 7) is 0. The molecule has 0 radical (unpaired) electrons. The van der Waals surface area contributed by atoms with E-state index in [2.05, 4.69) is 20.5 Å². The molecule has 1 amide bonds. The molecule has 0 spiro atoms. The number of nitrogens with zero attached hydrogens (tertiary/aromatic N) is 3. The number of aromatic amines is 1. The number of benzene rings is 1. The van der Waals surface area contributed by atoms with E-state index in [4.69, 9.17) is 4.42 Å². The predicted octanol–water partition coefficient (Wildman–Crippen LogP) is 2.31. The number of rotatable bonds is 6. The summed E-state index contributed by atoms with van der Waals surface area (Å²) < 4.78 is 4.87. The zero-order chi connectivity index (χ0) is 16.9.